The molecule has 0 aliphatic carbocycles. The largest absolute Gasteiger partial charge is 0.487 e. The van der Waals surface area contributed by atoms with Gasteiger partial charge < -0.3 is 15.0 Å². The van der Waals surface area contributed by atoms with Crippen molar-refractivity contribution < 1.29 is 9.53 Å². The van der Waals surface area contributed by atoms with Gasteiger partial charge in [-0.1, -0.05) is 41.9 Å². The van der Waals surface area contributed by atoms with Gasteiger partial charge in [-0.15, -0.1) is 0 Å². The number of hydrogen-bond donors (Lipinski definition) is 1. The summed E-state index contributed by atoms with van der Waals surface area (Å²) in [5.41, 5.74) is 1.65. The standard InChI is InChI=1S/C19H20ClN3O2/c1-23-11-5-8-18(23)22-19(24)21-15-9-10-17(16(20)12-15)25-13-14-6-3-2-4-7-14/h2-4,6-7,9-10,12H,5,8,11,13H2,1H3,(H,21,24)/b22-18-. The molecule has 0 radical (unpaired) electrons. The normalized spacial score (nSPS) is 15.4. The predicted octanol–water partition coefficient (Wildman–Crippen LogP) is 4.58. The molecule has 1 aliphatic rings. The fourth-order valence-corrected chi connectivity index (χ4v) is 2.87. The Labute approximate surface area is 152 Å². The van der Waals surface area contributed by atoms with Crippen LogP contribution in [0, 0.1) is 0 Å². The molecule has 0 atom stereocenters. The summed E-state index contributed by atoms with van der Waals surface area (Å²) in [5.74, 6) is 1.39. The summed E-state index contributed by atoms with van der Waals surface area (Å²) in [6, 6.07) is 14.6. The molecule has 2 aromatic rings. The van der Waals surface area contributed by atoms with Crippen LogP contribution in [0.2, 0.25) is 5.02 Å². The third-order valence-corrected chi connectivity index (χ3v) is 4.28. The number of benzene rings is 2. The molecule has 0 spiro atoms. The lowest BCUT2D eigenvalue weighted by atomic mass is 10.2. The second-order valence-corrected chi connectivity index (χ2v) is 6.31. The van der Waals surface area contributed by atoms with Crippen molar-refractivity contribution in [3.63, 3.8) is 0 Å². The summed E-state index contributed by atoms with van der Waals surface area (Å²) in [6.07, 6.45) is 1.86. The van der Waals surface area contributed by atoms with Gasteiger partial charge >= 0.3 is 6.03 Å². The number of ether oxygens (including phenoxy) is 1. The minimum absolute atomic E-state index is 0.391. The number of rotatable bonds is 4. The average Bonchev–Trinajstić information content (AvgIpc) is 3.00. The van der Waals surface area contributed by atoms with E-state index in [9.17, 15) is 4.79 Å². The molecular weight excluding hydrogens is 338 g/mol. The van der Waals surface area contributed by atoms with E-state index >= 15 is 0 Å². The van der Waals surface area contributed by atoms with Gasteiger partial charge in [0.2, 0.25) is 0 Å². The third kappa shape index (κ3) is 4.73. The highest BCUT2D eigenvalue weighted by Crippen LogP contribution is 2.28. The number of amides is 2. The van der Waals surface area contributed by atoms with Crippen LogP contribution in [0.4, 0.5) is 10.5 Å². The summed E-state index contributed by atoms with van der Waals surface area (Å²) in [7, 11) is 1.94. The van der Waals surface area contributed by atoms with E-state index in [1.807, 2.05) is 42.3 Å². The number of nitrogens with zero attached hydrogens (tertiary/aromatic N) is 2. The molecule has 25 heavy (non-hydrogen) atoms. The third-order valence-electron chi connectivity index (χ3n) is 3.99. The second kappa shape index (κ2) is 8.03. The highest BCUT2D eigenvalue weighted by molar-refractivity contribution is 6.32. The highest BCUT2D eigenvalue weighted by Gasteiger charge is 2.15. The first kappa shape index (κ1) is 17.3. The molecule has 1 heterocycles. The Morgan fingerprint density at radius 3 is 2.76 bits per heavy atom. The fourth-order valence-electron chi connectivity index (χ4n) is 2.64. The Bertz CT molecular complexity index is 777. The van der Waals surface area contributed by atoms with Crippen molar-refractivity contribution in [2.45, 2.75) is 19.4 Å². The minimum Gasteiger partial charge on any atom is -0.487 e. The van der Waals surface area contributed by atoms with Gasteiger partial charge in [-0.3, -0.25) is 0 Å². The number of carbonyl (C=O) groups excluding carboxylic acids is 1. The van der Waals surface area contributed by atoms with Crippen molar-refractivity contribution in [2.75, 3.05) is 18.9 Å². The van der Waals surface area contributed by atoms with E-state index in [4.69, 9.17) is 16.3 Å². The molecule has 1 fully saturated rings. The van der Waals surface area contributed by atoms with Crippen LogP contribution < -0.4 is 10.1 Å². The van der Waals surface area contributed by atoms with Crippen LogP contribution >= 0.6 is 11.6 Å². The lowest BCUT2D eigenvalue weighted by molar-refractivity contribution is 0.259. The van der Waals surface area contributed by atoms with Crippen LogP contribution in [0.25, 0.3) is 0 Å². The van der Waals surface area contributed by atoms with Gasteiger partial charge in [0, 0.05) is 25.7 Å². The first-order chi connectivity index (χ1) is 12.1. The Balaban J connectivity index is 1.60. The number of nitrogens with one attached hydrogen (secondary N) is 1. The molecule has 5 nitrogen and oxygen atoms in total. The Morgan fingerprint density at radius 1 is 1.28 bits per heavy atom. The van der Waals surface area contributed by atoms with Crippen molar-refractivity contribution in [3.05, 3.63) is 59.1 Å². The first-order valence-electron chi connectivity index (χ1n) is 8.18. The second-order valence-electron chi connectivity index (χ2n) is 5.90. The smallest absolute Gasteiger partial charge is 0.347 e. The lowest BCUT2D eigenvalue weighted by Crippen LogP contribution is -2.21. The lowest BCUT2D eigenvalue weighted by Gasteiger charge is -2.12. The molecule has 1 N–H and O–H groups in total. The zero-order valence-electron chi connectivity index (χ0n) is 14.0. The quantitative estimate of drug-likeness (QED) is 0.871. The first-order valence-corrected chi connectivity index (χ1v) is 8.55. The summed E-state index contributed by atoms with van der Waals surface area (Å²) in [5, 5.41) is 3.18. The molecule has 6 heteroatoms. The van der Waals surface area contributed by atoms with E-state index < -0.39 is 6.03 Å². The monoisotopic (exact) mass is 357 g/mol. The summed E-state index contributed by atoms with van der Waals surface area (Å²) in [6.45, 7) is 1.37. The van der Waals surface area contributed by atoms with Gasteiger partial charge in [-0.25, -0.2) is 4.79 Å². The molecular formula is C19H20ClN3O2. The number of amidine groups is 1. The number of carbonyl (C=O) groups is 1. The van der Waals surface area contributed by atoms with Gasteiger partial charge in [-0.2, -0.15) is 4.99 Å². The van der Waals surface area contributed by atoms with Crippen molar-refractivity contribution in [1.29, 1.82) is 0 Å². The molecule has 0 saturated carbocycles. The van der Waals surface area contributed by atoms with E-state index in [1.54, 1.807) is 18.2 Å². The fraction of sp³-hybridized carbons (Fsp3) is 0.263. The van der Waals surface area contributed by atoms with Gasteiger partial charge in [0.15, 0.2) is 0 Å². The van der Waals surface area contributed by atoms with Crippen LogP contribution in [-0.2, 0) is 6.61 Å². The van der Waals surface area contributed by atoms with E-state index in [0.29, 0.717) is 23.1 Å². The average molecular weight is 358 g/mol. The summed E-state index contributed by atoms with van der Waals surface area (Å²) < 4.78 is 5.73. The predicted molar refractivity (Wildman–Crippen MR) is 101 cm³/mol. The van der Waals surface area contributed by atoms with Crippen LogP contribution in [-0.4, -0.2) is 30.4 Å². The van der Waals surface area contributed by atoms with Crippen LogP contribution in [0.1, 0.15) is 18.4 Å². The Kier molecular flexibility index (Phi) is 5.56. The minimum atomic E-state index is -0.391. The van der Waals surface area contributed by atoms with E-state index in [1.165, 1.54) is 0 Å². The molecule has 130 valence electrons. The topological polar surface area (TPSA) is 53.9 Å². The molecule has 1 aliphatic heterocycles. The molecule has 1 saturated heterocycles. The molecule has 3 rings (SSSR count). The number of halogens is 1. The molecule has 2 amide bonds. The van der Waals surface area contributed by atoms with Gasteiger partial charge in [-0.05, 0) is 30.2 Å². The molecule has 0 bridgehead atoms. The van der Waals surface area contributed by atoms with Crippen molar-refractivity contribution in [3.8, 4) is 5.75 Å². The maximum absolute atomic E-state index is 12.0. The summed E-state index contributed by atoms with van der Waals surface area (Å²) >= 11 is 6.25. The number of aliphatic imine (C=N–C) groups is 1. The summed E-state index contributed by atoms with van der Waals surface area (Å²) in [4.78, 5) is 18.1. The van der Waals surface area contributed by atoms with Crippen molar-refractivity contribution in [1.82, 2.24) is 4.90 Å². The van der Waals surface area contributed by atoms with Gasteiger partial charge in [0.05, 0.1) is 5.02 Å². The molecule has 0 aromatic heterocycles. The van der Waals surface area contributed by atoms with Crippen LogP contribution in [0.15, 0.2) is 53.5 Å². The SMILES string of the molecule is CN1CCC/C1=N/C(=O)Nc1ccc(OCc2ccccc2)c(Cl)c1. The number of urea groups is 1. The zero-order valence-corrected chi connectivity index (χ0v) is 14.8. The molecule has 2 aromatic carbocycles. The van der Waals surface area contributed by atoms with E-state index in [-0.39, 0.29) is 0 Å². The maximum atomic E-state index is 12.0. The van der Waals surface area contributed by atoms with Crippen LogP contribution in [0.3, 0.4) is 0 Å². The van der Waals surface area contributed by atoms with Crippen molar-refractivity contribution in [2.24, 2.45) is 4.99 Å². The number of hydrogen-bond acceptors (Lipinski definition) is 2. The Morgan fingerprint density at radius 2 is 2.08 bits per heavy atom. The number of likely N-dealkylation sites (tertiary alicyclic amines) is 1. The van der Waals surface area contributed by atoms with Crippen molar-refractivity contribution >= 4 is 29.2 Å². The highest BCUT2D eigenvalue weighted by atomic mass is 35.5. The maximum Gasteiger partial charge on any atom is 0.347 e. The van der Waals surface area contributed by atoms with E-state index in [0.717, 1.165) is 30.8 Å². The van der Waals surface area contributed by atoms with Crippen LogP contribution in [0.5, 0.6) is 5.75 Å². The Hall–Kier alpha value is -2.53. The van der Waals surface area contributed by atoms with Gasteiger partial charge in [0.25, 0.3) is 0 Å². The van der Waals surface area contributed by atoms with E-state index in [2.05, 4.69) is 10.3 Å². The molecule has 0 unspecified atom stereocenters. The zero-order chi connectivity index (χ0) is 17.6. The van der Waals surface area contributed by atoms with Gasteiger partial charge in [0.1, 0.15) is 18.2 Å². The number of anilines is 1.